The second kappa shape index (κ2) is 7.30. The van der Waals surface area contributed by atoms with Crippen LogP contribution in [-0.4, -0.2) is 34.4 Å². The topological polar surface area (TPSA) is 24.5 Å². The van der Waals surface area contributed by atoms with Gasteiger partial charge < -0.3 is 15.0 Å². The minimum atomic E-state index is 0.392. The second-order valence-corrected chi connectivity index (χ2v) is 4.51. The van der Waals surface area contributed by atoms with Crippen molar-refractivity contribution in [2.75, 3.05) is 39.3 Å². The van der Waals surface area contributed by atoms with Crippen molar-refractivity contribution in [1.82, 2.24) is 5.32 Å². The quantitative estimate of drug-likeness (QED) is 0.736. The van der Waals surface area contributed by atoms with Crippen LogP contribution < -0.4 is 10.2 Å². The molecule has 0 fully saturated rings. The van der Waals surface area contributed by atoms with Crippen molar-refractivity contribution in [3.8, 4) is 0 Å². The molecule has 17 heavy (non-hydrogen) atoms. The van der Waals surface area contributed by atoms with Gasteiger partial charge in [0.1, 0.15) is 0 Å². The summed E-state index contributed by atoms with van der Waals surface area (Å²) in [5.41, 5.74) is 2.56. The number of hydrogen-bond donors (Lipinski definition) is 1. The van der Waals surface area contributed by atoms with Gasteiger partial charge in [-0.2, -0.15) is 0 Å². The molecule has 0 aliphatic rings. The highest BCUT2D eigenvalue weighted by Crippen LogP contribution is 2.17. The largest absolute Gasteiger partial charge is 0.385 e. The molecule has 0 saturated heterocycles. The zero-order valence-corrected chi connectivity index (χ0v) is 11.4. The molecule has 1 unspecified atom stereocenters. The summed E-state index contributed by atoms with van der Waals surface area (Å²) in [7, 11) is 5.85. The van der Waals surface area contributed by atoms with Crippen LogP contribution in [0.5, 0.6) is 0 Å². The van der Waals surface area contributed by atoms with E-state index in [1.807, 2.05) is 0 Å². The predicted octanol–water partition coefficient (Wildman–Crippen LogP) is 2.44. The van der Waals surface area contributed by atoms with E-state index in [0.29, 0.717) is 6.04 Å². The van der Waals surface area contributed by atoms with E-state index < -0.39 is 0 Å². The van der Waals surface area contributed by atoms with E-state index in [0.717, 1.165) is 19.6 Å². The number of benzene rings is 1. The summed E-state index contributed by atoms with van der Waals surface area (Å²) >= 11 is 0. The molecule has 0 aliphatic carbocycles. The molecule has 1 aromatic carbocycles. The van der Waals surface area contributed by atoms with Gasteiger partial charge in [-0.05, 0) is 37.6 Å². The summed E-state index contributed by atoms with van der Waals surface area (Å²) in [6.07, 6.45) is 1.05. The molecule has 1 atom stereocenters. The Kier molecular flexibility index (Phi) is 6.01. The van der Waals surface area contributed by atoms with Gasteiger partial charge in [0.2, 0.25) is 0 Å². The van der Waals surface area contributed by atoms with Crippen LogP contribution in [0.25, 0.3) is 0 Å². The van der Waals surface area contributed by atoms with E-state index in [9.17, 15) is 0 Å². The van der Waals surface area contributed by atoms with E-state index in [1.54, 1.807) is 7.11 Å². The maximum absolute atomic E-state index is 5.03. The summed E-state index contributed by atoms with van der Waals surface area (Å²) in [6, 6.07) is 9.07. The van der Waals surface area contributed by atoms with Crippen LogP contribution >= 0.6 is 0 Å². The van der Waals surface area contributed by atoms with Crippen molar-refractivity contribution < 1.29 is 4.74 Å². The molecule has 3 nitrogen and oxygen atoms in total. The molecular formula is C14H24N2O. The summed E-state index contributed by atoms with van der Waals surface area (Å²) in [4.78, 5) is 2.11. The van der Waals surface area contributed by atoms with Gasteiger partial charge in [0.05, 0.1) is 0 Å². The van der Waals surface area contributed by atoms with Crippen molar-refractivity contribution >= 4 is 5.69 Å². The van der Waals surface area contributed by atoms with Gasteiger partial charge in [0.15, 0.2) is 0 Å². The molecule has 0 heterocycles. The highest BCUT2D eigenvalue weighted by molar-refractivity contribution is 5.46. The lowest BCUT2D eigenvalue weighted by Gasteiger charge is -2.17. The summed E-state index contributed by atoms with van der Waals surface area (Å²) in [5.74, 6) is 0. The van der Waals surface area contributed by atoms with Crippen LogP contribution in [0.15, 0.2) is 24.3 Å². The van der Waals surface area contributed by atoms with Gasteiger partial charge in [-0.1, -0.05) is 12.1 Å². The first-order valence-corrected chi connectivity index (χ1v) is 6.14. The summed E-state index contributed by atoms with van der Waals surface area (Å²) in [6.45, 7) is 4.00. The van der Waals surface area contributed by atoms with E-state index >= 15 is 0 Å². The molecule has 1 N–H and O–H groups in total. The van der Waals surface area contributed by atoms with E-state index in [-0.39, 0.29) is 0 Å². The Morgan fingerprint density at radius 1 is 1.24 bits per heavy atom. The monoisotopic (exact) mass is 236 g/mol. The van der Waals surface area contributed by atoms with Crippen LogP contribution in [0.1, 0.15) is 24.9 Å². The standard InChI is InChI=1S/C14H24N2O/c1-12(15-10-5-11-17-4)13-6-8-14(9-7-13)16(2)3/h6-9,12,15H,5,10-11H2,1-4H3. The minimum absolute atomic E-state index is 0.392. The van der Waals surface area contributed by atoms with Crippen molar-refractivity contribution in [1.29, 1.82) is 0 Å². The smallest absolute Gasteiger partial charge is 0.0474 e. The third kappa shape index (κ3) is 4.75. The molecule has 0 spiro atoms. The number of rotatable bonds is 7. The number of nitrogens with one attached hydrogen (secondary N) is 1. The first-order chi connectivity index (χ1) is 8.15. The Morgan fingerprint density at radius 2 is 1.88 bits per heavy atom. The molecule has 96 valence electrons. The van der Waals surface area contributed by atoms with Gasteiger partial charge >= 0.3 is 0 Å². The lowest BCUT2D eigenvalue weighted by molar-refractivity contribution is 0.193. The van der Waals surface area contributed by atoms with Crippen molar-refractivity contribution in [3.63, 3.8) is 0 Å². The third-order valence-electron chi connectivity index (χ3n) is 2.89. The average molecular weight is 236 g/mol. The fraction of sp³-hybridized carbons (Fsp3) is 0.571. The van der Waals surface area contributed by atoms with Gasteiger partial charge in [-0.25, -0.2) is 0 Å². The lowest BCUT2D eigenvalue weighted by Crippen LogP contribution is -2.20. The van der Waals surface area contributed by atoms with Crippen LogP contribution in [0.4, 0.5) is 5.69 Å². The molecule has 0 aliphatic heterocycles. The normalized spacial score (nSPS) is 12.5. The van der Waals surface area contributed by atoms with Crippen LogP contribution in [-0.2, 0) is 4.74 Å². The van der Waals surface area contributed by atoms with Crippen molar-refractivity contribution in [2.24, 2.45) is 0 Å². The number of anilines is 1. The zero-order valence-electron chi connectivity index (χ0n) is 11.4. The molecule has 1 aromatic rings. The molecule has 0 aromatic heterocycles. The number of methoxy groups -OCH3 is 1. The first kappa shape index (κ1) is 14.0. The van der Waals surface area contributed by atoms with Gasteiger partial charge in [0, 0.05) is 39.5 Å². The van der Waals surface area contributed by atoms with Gasteiger partial charge in [0.25, 0.3) is 0 Å². The molecule has 0 saturated carbocycles. The Morgan fingerprint density at radius 3 is 2.41 bits per heavy atom. The predicted molar refractivity (Wildman–Crippen MR) is 73.7 cm³/mol. The fourth-order valence-electron chi connectivity index (χ4n) is 1.71. The Hall–Kier alpha value is -1.06. The summed E-state index contributed by atoms with van der Waals surface area (Å²) in [5, 5.41) is 3.49. The Bertz CT molecular complexity index is 309. The number of nitrogens with zero attached hydrogens (tertiary/aromatic N) is 1. The van der Waals surface area contributed by atoms with Crippen LogP contribution in [0.2, 0.25) is 0 Å². The maximum Gasteiger partial charge on any atom is 0.0474 e. The van der Waals surface area contributed by atoms with E-state index in [2.05, 4.69) is 55.5 Å². The lowest BCUT2D eigenvalue weighted by atomic mass is 10.1. The molecular weight excluding hydrogens is 212 g/mol. The third-order valence-corrected chi connectivity index (χ3v) is 2.89. The number of hydrogen-bond acceptors (Lipinski definition) is 3. The molecule has 1 rings (SSSR count). The highest BCUT2D eigenvalue weighted by Gasteiger charge is 2.04. The van der Waals surface area contributed by atoms with Crippen LogP contribution in [0.3, 0.4) is 0 Å². The minimum Gasteiger partial charge on any atom is -0.385 e. The van der Waals surface area contributed by atoms with E-state index in [1.165, 1.54) is 11.3 Å². The molecule has 3 heteroatoms. The van der Waals surface area contributed by atoms with Crippen molar-refractivity contribution in [2.45, 2.75) is 19.4 Å². The van der Waals surface area contributed by atoms with Crippen LogP contribution in [0, 0.1) is 0 Å². The fourth-order valence-corrected chi connectivity index (χ4v) is 1.71. The Labute approximate surface area is 105 Å². The average Bonchev–Trinajstić information content (AvgIpc) is 2.34. The van der Waals surface area contributed by atoms with Crippen molar-refractivity contribution in [3.05, 3.63) is 29.8 Å². The molecule has 0 amide bonds. The van der Waals surface area contributed by atoms with Gasteiger partial charge in [-0.3, -0.25) is 0 Å². The molecule has 0 radical (unpaired) electrons. The SMILES string of the molecule is COCCCNC(C)c1ccc(N(C)C)cc1. The molecule has 0 bridgehead atoms. The second-order valence-electron chi connectivity index (χ2n) is 4.51. The van der Waals surface area contributed by atoms with E-state index in [4.69, 9.17) is 4.74 Å². The highest BCUT2D eigenvalue weighted by atomic mass is 16.5. The Balaban J connectivity index is 2.43. The number of ether oxygens (including phenoxy) is 1. The van der Waals surface area contributed by atoms with Gasteiger partial charge in [-0.15, -0.1) is 0 Å². The summed E-state index contributed by atoms with van der Waals surface area (Å²) < 4.78 is 5.03. The zero-order chi connectivity index (χ0) is 12.7. The first-order valence-electron chi connectivity index (χ1n) is 6.14. The maximum atomic E-state index is 5.03.